The summed E-state index contributed by atoms with van der Waals surface area (Å²) in [4.78, 5) is 4.43. The first-order valence-corrected chi connectivity index (χ1v) is 7.26. The van der Waals surface area contributed by atoms with Crippen LogP contribution in [-0.4, -0.2) is 9.55 Å². The molecule has 4 nitrogen and oxygen atoms in total. The molecule has 0 aliphatic rings. The number of nitrogens with zero attached hydrogens (tertiary/aromatic N) is 2. The normalized spacial score (nSPS) is 12.7. The molecule has 1 heterocycles. The molecule has 21 heavy (non-hydrogen) atoms. The second-order valence-corrected chi connectivity index (χ2v) is 5.20. The lowest BCUT2D eigenvalue weighted by atomic mass is 10.0. The van der Waals surface area contributed by atoms with Gasteiger partial charge in [-0.1, -0.05) is 43.3 Å². The third-order valence-electron chi connectivity index (χ3n) is 3.87. The SMILES string of the molecule is CCc1cccc(C(Cn2cnc3ccccc32)NN)c1. The highest BCUT2D eigenvalue weighted by Crippen LogP contribution is 2.19. The number of benzene rings is 2. The quantitative estimate of drug-likeness (QED) is 0.558. The Labute approximate surface area is 124 Å². The lowest BCUT2D eigenvalue weighted by Crippen LogP contribution is -2.31. The van der Waals surface area contributed by atoms with Crippen molar-refractivity contribution < 1.29 is 0 Å². The van der Waals surface area contributed by atoms with E-state index in [0.29, 0.717) is 0 Å². The van der Waals surface area contributed by atoms with Gasteiger partial charge in [-0.15, -0.1) is 0 Å². The van der Waals surface area contributed by atoms with Crippen LogP contribution in [0.3, 0.4) is 0 Å². The lowest BCUT2D eigenvalue weighted by molar-refractivity contribution is 0.481. The molecule has 4 heteroatoms. The Kier molecular flexibility index (Phi) is 3.99. The summed E-state index contributed by atoms with van der Waals surface area (Å²) in [5, 5.41) is 0. The van der Waals surface area contributed by atoms with E-state index in [1.165, 1.54) is 11.1 Å². The molecular formula is C17H20N4. The molecule has 0 amide bonds. The average molecular weight is 280 g/mol. The van der Waals surface area contributed by atoms with Crippen LogP contribution in [0.15, 0.2) is 54.9 Å². The second kappa shape index (κ2) is 6.08. The Balaban J connectivity index is 1.90. The van der Waals surface area contributed by atoms with Crippen LogP contribution in [0.2, 0.25) is 0 Å². The summed E-state index contributed by atoms with van der Waals surface area (Å²) >= 11 is 0. The third kappa shape index (κ3) is 2.82. The largest absolute Gasteiger partial charge is 0.329 e. The fraction of sp³-hybridized carbons (Fsp3) is 0.235. The molecular weight excluding hydrogens is 260 g/mol. The highest BCUT2D eigenvalue weighted by atomic mass is 15.2. The number of rotatable bonds is 5. The van der Waals surface area contributed by atoms with Crippen LogP contribution in [0.25, 0.3) is 11.0 Å². The monoisotopic (exact) mass is 280 g/mol. The zero-order valence-electron chi connectivity index (χ0n) is 12.2. The molecule has 1 unspecified atom stereocenters. The zero-order valence-corrected chi connectivity index (χ0v) is 12.2. The van der Waals surface area contributed by atoms with Crippen molar-refractivity contribution in [2.24, 2.45) is 5.84 Å². The van der Waals surface area contributed by atoms with Crippen LogP contribution in [0, 0.1) is 0 Å². The van der Waals surface area contributed by atoms with Crippen LogP contribution < -0.4 is 11.3 Å². The van der Waals surface area contributed by atoms with Crippen molar-refractivity contribution in [3.05, 3.63) is 66.0 Å². The van der Waals surface area contributed by atoms with E-state index in [1.54, 1.807) is 0 Å². The van der Waals surface area contributed by atoms with Crippen molar-refractivity contribution in [1.82, 2.24) is 15.0 Å². The summed E-state index contributed by atoms with van der Waals surface area (Å²) < 4.78 is 2.14. The number of nitrogens with one attached hydrogen (secondary N) is 1. The molecule has 0 aliphatic heterocycles. The number of aryl methyl sites for hydroxylation is 1. The van der Waals surface area contributed by atoms with Gasteiger partial charge in [-0.2, -0.15) is 0 Å². The molecule has 3 aromatic rings. The van der Waals surface area contributed by atoms with E-state index in [4.69, 9.17) is 5.84 Å². The summed E-state index contributed by atoms with van der Waals surface area (Å²) in [7, 11) is 0. The van der Waals surface area contributed by atoms with Gasteiger partial charge >= 0.3 is 0 Å². The molecule has 3 rings (SSSR count). The van der Waals surface area contributed by atoms with Gasteiger partial charge in [0.15, 0.2) is 0 Å². The van der Waals surface area contributed by atoms with Crippen molar-refractivity contribution in [2.75, 3.05) is 0 Å². The molecule has 0 fully saturated rings. The summed E-state index contributed by atoms with van der Waals surface area (Å²) in [6.07, 6.45) is 2.90. The number of hydrazine groups is 1. The van der Waals surface area contributed by atoms with Gasteiger partial charge in [0.1, 0.15) is 0 Å². The second-order valence-electron chi connectivity index (χ2n) is 5.20. The smallest absolute Gasteiger partial charge is 0.0958 e. The third-order valence-corrected chi connectivity index (χ3v) is 3.87. The van der Waals surface area contributed by atoms with E-state index in [0.717, 1.165) is 24.0 Å². The van der Waals surface area contributed by atoms with Gasteiger partial charge in [-0.25, -0.2) is 4.98 Å². The van der Waals surface area contributed by atoms with Crippen molar-refractivity contribution in [3.8, 4) is 0 Å². The molecule has 0 saturated heterocycles. The average Bonchev–Trinajstić information content (AvgIpc) is 2.95. The summed E-state index contributed by atoms with van der Waals surface area (Å²) in [6.45, 7) is 2.91. The van der Waals surface area contributed by atoms with Gasteiger partial charge in [-0.3, -0.25) is 11.3 Å². The molecule has 0 saturated carbocycles. The first-order valence-electron chi connectivity index (χ1n) is 7.26. The molecule has 0 bridgehead atoms. The fourth-order valence-corrected chi connectivity index (χ4v) is 2.64. The fourth-order valence-electron chi connectivity index (χ4n) is 2.64. The van der Waals surface area contributed by atoms with E-state index in [1.807, 2.05) is 24.5 Å². The van der Waals surface area contributed by atoms with Crippen molar-refractivity contribution in [3.63, 3.8) is 0 Å². The van der Waals surface area contributed by atoms with Gasteiger partial charge in [0.05, 0.1) is 23.4 Å². The molecule has 1 aromatic heterocycles. The first-order chi connectivity index (χ1) is 10.3. The minimum absolute atomic E-state index is 0.0640. The van der Waals surface area contributed by atoms with Crippen LogP contribution in [0.1, 0.15) is 24.1 Å². The maximum atomic E-state index is 5.77. The number of hydrogen-bond acceptors (Lipinski definition) is 3. The highest BCUT2D eigenvalue weighted by molar-refractivity contribution is 5.74. The lowest BCUT2D eigenvalue weighted by Gasteiger charge is -2.18. The molecule has 0 spiro atoms. The van der Waals surface area contributed by atoms with Crippen molar-refractivity contribution in [2.45, 2.75) is 25.9 Å². The number of para-hydroxylation sites is 2. The first kappa shape index (κ1) is 13.8. The number of fused-ring (bicyclic) bond motifs is 1. The Bertz CT molecular complexity index is 732. The van der Waals surface area contributed by atoms with Gasteiger partial charge in [0.25, 0.3) is 0 Å². The summed E-state index contributed by atoms with van der Waals surface area (Å²) in [6, 6.07) is 16.8. The Morgan fingerprint density at radius 2 is 2.05 bits per heavy atom. The Morgan fingerprint density at radius 3 is 2.86 bits per heavy atom. The minimum Gasteiger partial charge on any atom is -0.329 e. The topological polar surface area (TPSA) is 55.9 Å². The molecule has 2 aromatic carbocycles. The van der Waals surface area contributed by atoms with Crippen LogP contribution in [0.4, 0.5) is 0 Å². The van der Waals surface area contributed by atoms with Gasteiger partial charge in [0.2, 0.25) is 0 Å². The Morgan fingerprint density at radius 1 is 1.19 bits per heavy atom. The van der Waals surface area contributed by atoms with E-state index in [2.05, 4.69) is 52.2 Å². The van der Waals surface area contributed by atoms with E-state index >= 15 is 0 Å². The Hall–Kier alpha value is -2.17. The number of nitrogens with two attached hydrogens (primary N) is 1. The van der Waals surface area contributed by atoms with E-state index in [9.17, 15) is 0 Å². The zero-order chi connectivity index (χ0) is 14.7. The highest BCUT2D eigenvalue weighted by Gasteiger charge is 2.12. The van der Waals surface area contributed by atoms with Gasteiger partial charge in [-0.05, 0) is 29.7 Å². The number of imidazole rings is 1. The molecule has 0 aliphatic carbocycles. The van der Waals surface area contributed by atoms with Crippen LogP contribution in [0.5, 0.6) is 0 Å². The maximum Gasteiger partial charge on any atom is 0.0958 e. The summed E-state index contributed by atoms with van der Waals surface area (Å²) in [5.74, 6) is 5.77. The predicted molar refractivity (Wildman–Crippen MR) is 85.6 cm³/mol. The maximum absolute atomic E-state index is 5.77. The van der Waals surface area contributed by atoms with Crippen LogP contribution in [-0.2, 0) is 13.0 Å². The van der Waals surface area contributed by atoms with E-state index in [-0.39, 0.29) is 6.04 Å². The minimum atomic E-state index is 0.0640. The molecule has 108 valence electrons. The van der Waals surface area contributed by atoms with Crippen molar-refractivity contribution in [1.29, 1.82) is 0 Å². The standard InChI is InChI=1S/C17H20N4/c1-2-13-6-5-7-14(10-13)16(20-18)11-21-12-19-15-8-3-4-9-17(15)21/h3-10,12,16,20H,2,11,18H2,1H3. The van der Waals surface area contributed by atoms with Crippen LogP contribution >= 0.6 is 0 Å². The van der Waals surface area contributed by atoms with Gasteiger partial charge < -0.3 is 4.57 Å². The number of aromatic nitrogens is 2. The molecule has 1 atom stereocenters. The summed E-state index contributed by atoms with van der Waals surface area (Å²) in [5.41, 5.74) is 7.59. The molecule has 0 radical (unpaired) electrons. The predicted octanol–water partition coefficient (Wildman–Crippen LogP) is 2.80. The molecule has 3 N–H and O–H groups in total. The van der Waals surface area contributed by atoms with Gasteiger partial charge in [0, 0.05) is 6.54 Å². The number of hydrogen-bond donors (Lipinski definition) is 2. The van der Waals surface area contributed by atoms with E-state index < -0.39 is 0 Å². The van der Waals surface area contributed by atoms with Crippen molar-refractivity contribution >= 4 is 11.0 Å².